The summed E-state index contributed by atoms with van der Waals surface area (Å²) in [7, 11) is 0. The van der Waals surface area contributed by atoms with Crippen LogP contribution in [0.15, 0.2) is 24.4 Å². The van der Waals surface area contributed by atoms with Gasteiger partial charge in [-0.3, -0.25) is 14.8 Å². The van der Waals surface area contributed by atoms with Crippen LogP contribution >= 0.6 is 0 Å². The van der Waals surface area contributed by atoms with E-state index >= 15 is 0 Å². The maximum absolute atomic E-state index is 10.6. The molecule has 1 aromatic rings. The topological polar surface area (TPSA) is 103 Å². The number of nitrogens with zero attached hydrogens (tertiary/aromatic N) is 3. The number of ether oxygens (including phenoxy) is 1. The van der Waals surface area contributed by atoms with Gasteiger partial charge in [-0.15, -0.1) is 0 Å². The van der Waals surface area contributed by atoms with E-state index in [0.29, 0.717) is 0 Å². The van der Waals surface area contributed by atoms with Crippen molar-refractivity contribution in [3.63, 3.8) is 0 Å². The normalized spacial score (nSPS) is 24.7. The molecule has 0 saturated carbocycles. The molecule has 0 amide bonds. The molecule has 4 rings (SSSR count). The highest BCUT2D eigenvalue weighted by Crippen LogP contribution is 2.33. The number of aromatic nitrogens is 1. The van der Waals surface area contributed by atoms with Gasteiger partial charge in [0.25, 0.3) is 0 Å². The van der Waals surface area contributed by atoms with Gasteiger partial charge in [-0.25, -0.2) is 9.59 Å². The van der Waals surface area contributed by atoms with E-state index in [4.69, 9.17) is 24.5 Å². The highest BCUT2D eigenvalue weighted by molar-refractivity contribution is 5.73. The van der Waals surface area contributed by atoms with Crippen LogP contribution in [0.25, 0.3) is 0 Å². The molecule has 3 aliphatic rings. The molecule has 0 aliphatic carbocycles. The minimum absolute atomic E-state index is 0.745. The second-order valence-corrected chi connectivity index (χ2v) is 8.33. The molecule has 0 radical (unpaired) electrons. The van der Waals surface area contributed by atoms with Gasteiger partial charge < -0.3 is 14.9 Å². The third kappa shape index (κ3) is 9.26. The second-order valence-electron chi connectivity index (χ2n) is 8.33. The predicted octanol–water partition coefficient (Wildman–Crippen LogP) is 3.03. The number of hydrogen-bond donors (Lipinski definition) is 2. The summed E-state index contributed by atoms with van der Waals surface area (Å²) >= 11 is 0. The van der Waals surface area contributed by atoms with Gasteiger partial charge in [0.15, 0.2) is 0 Å². The second kappa shape index (κ2) is 12.5. The zero-order valence-electron chi connectivity index (χ0n) is 18.6. The lowest BCUT2D eigenvalue weighted by molar-refractivity contribution is -0.193. The number of pyridine rings is 1. The van der Waals surface area contributed by atoms with E-state index in [-0.39, 0.29) is 0 Å². The van der Waals surface area contributed by atoms with Crippen LogP contribution in [0.3, 0.4) is 0 Å². The fourth-order valence-corrected chi connectivity index (χ4v) is 4.35. The third-order valence-corrected chi connectivity index (χ3v) is 5.90. The first-order valence-electron chi connectivity index (χ1n) is 10.8. The van der Waals surface area contributed by atoms with E-state index in [1.807, 2.05) is 12.3 Å². The Morgan fingerprint density at radius 1 is 0.943 bits per heavy atom. The molecule has 198 valence electrons. The molecule has 14 heteroatoms. The van der Waals surface area contributed by atoms with Crippen LogP contribution in [0.1, 0.15) is 25.0 Å². The SMILES string of the molecule is O=C(O)C(F)(F)F.O=C(O)C(F)(F)F.c1ccc(CN2CC[C@@H]3[C@@H]2CCN3CC2CCOC2)nc1. The minimum Gasteiger partial charge on any atom is -0.475 e. The first-order valence-corrected chi connectivity index (χ1v) is 10.8. The van der Waals surface area contributed by atoms with Gasteiger partial charge in [0.05, 0.1) is 12.3 Å². The van der Waals surface area contributed by atoms with E-state index in [1.54, 1.807) is 0 Å². The molecule has 8 nitrogen and oxygen atoms in total. The van der Waals surface area contributed by atoms with Crippen molar-refractivity contribution >= 4 is 11.9 Å². The van der Waals surface area contributed by atoms with Gasteiger partial charge in [0.1, 0.15) is 0 Å². The van der Waals surface area contributed by atoms with Crippen LogP contribution in [0.5, 0.6) is 0 Å². The monoisotopic (exact) mass is 515 g/mol. The lowest BCUT2D eigenvalue weighted by Gasteiger charge is -2.27. The van der Waals surface area contributed by atoms with Crippen LogP contribution < -0.4 is 0 Å². The summed E-state index contributed by atoms with van der Waals surface area (Å²) in [4.78, 5) is 27.7. The Hall–Kier alpha value is -2.45. The third-order valence-electron chi connectivity index (χ3n) is 5.90. The zero-order chi connectivity index (χ0) is 26.2. The van der Waals surface area contributed by atoms with Crippen LogP contribution in [0.2, 0.25) is 0 Å². The molecule has 4 heterocycles. The maximum atomic E-state index is 10.6. The summed E-state index contributed by atoms with van der Waals surface area (Å²) < 4.78 is 69.0. The minimum atomic E-state index is -5.08. The van der Waals surface area contributed by atoms with Gasteiger partial charge in [0, 0.05) is 51.1 Å². The molecule has 3 saturated heterocycles. The number of halogens is 6. The van der Waals surface area contributed by atoms with Gasteiger partial charge in [0.2, 0.25) is 0 Å². The Kier molecular flexibility index (Phi) is 10.3. The van der Waals surface area contributed by atoms with Crippen molar-refractivity contribution in [2.45, 2.75) is 50.2 Å². The van der Waals surface area contributed by atoms with Crippen molar-refractivity contribution in [3.05, 3.63) is 30.1 Å². The number of carboxylic acids is 2. The van der Waals surface area contributed by atoms with Crippen molar-refractivity contribution in [2.24, 2.45) is 5.92 Å². The van der Waals surface area contributed by atoms with Crippen LogP contribution in [0.4, 0.5) is 26.3 Å². The Labute approximate surface area is 197 Å². The quantitative estimate of drug-likeness (QED) is 0.590. The Bertz CT molecular complexity index is 794. The molecular weight excluding hydrogens is 488 g/mol. The molecule has 0 bridgehead atoms. The molecule has 3 atom stereocenters. The van der Waals surface area contributed by atoms with Crippen LogP contribution in [-0.2, 0) is 20.9 Å². The summed E-state index contributed by atoms with van der Waals surface area (Å²) in [6.45, 7) is 6.71. The average molecular weight is 515 g/mol. The van der Waals surface area contributed by atoms with Crippen molar-refractivity contribution in [3.8, 4) is 0 Å². The Morgan fingerprint density at radius 2 is 1.49 bits per heavy atom. The average Bonchev–Trinajstić information content (AvgIpc) is 3.49. The summed E-state index contributed by atoms with van der Waals surface area (Å²) in [5.74, 6) is -4.74. The lowest BCUT2D eigenvalue weighted by Crippen LogP contribution is -2.38. The molecule has 2 N–H and O–H groups in total. The van der Waals surface area contributed by atoms with Gasteiger partial charge >= 0.3 is 24.3 Å². The van der Waals surface area contributed by atoms with Crippen molar-refractivity contribution in [1.29, 1.82) is 0 Å². The maximum Gasteiger partial charge on any atom is 0.490 e. The van der Waals surface area contributed by atoms with E-state index < -0.39 is 24.3 Å². The predicted molar refractivity (Wildman–Crippen MR) is 109 cm³/mol. The van der Waals surface area contributed by atoms with E-state index in [2.05, 4.69) is 26.9 Å². The fraction of sp³-hybridized carbons (Fsp3) is 0.667. The van der Waals surface area contributed by atoms with Crippen molar-refractivity contribution < 1.29 is 50.9 Å². The summed E-state index contributed by atoms with van der Waals surface area (Å²) in [6.07, 6.45) is -4.36. The molecule has 0 aromatic carbocycles. The Morgan fingerprint density at radius 3 is 1.94 bits per heavy atom. The first kappa shape index (κ1) is 28.8. The number of likely N-dealkylation sites (tertiary alicyclic amines) is 2. The molecule has 0 spiro atoms. The largest absolute Gasteiger partial charge is 0.490 e. The summed E-state index contributed by atoms with van der Waals surface area (Å²) in [5.41, 5.74) is 1.21. The molecule has 35 heavy (non-hydrogen) atoms. The summed E-state index contributed by atoms with van der Waals surface area (Å²) in [5, 5.41) is 14.2. The number of carboxylic acid groups (broad SMARTS) is 2. The molecule has 1 aromatic heterocycles. The number of fused-ring (bicyclic) bond motifs is 1. The highest BCUT2D eigenvalue weighted by Gasteiger charge is 2.43. The number of hydrogen-bond acceptors (Lipinski definition) is 6. The lowest BCUT2D eigenvalue weighted by atomic mass is 10.1. The van der Waals surface area contributed by atoms with Crippen molar-refractivity contribution in [2.75, 3.05) is 32.8 Å². The number of carbonyl (C=O) groups is 2. The molecule has 3 fully saturated rings. The standard InChI is InChI=1S/C17H25N3O.2C2HF3O2/c1-2-7-18-15(3-1)12-20-9-5-16-17(20)4-8-19(16)11-14-6-10-21-13-14;2*3-2(4,5)1(6)7/h1-3,7,14,16-17H,4-6,8-13H2;2*(H,6,7)/t14?,16-,17+;;/m1../s1. The summed E-state index contributed by atoms with van der Waals surface area (Å²) in [6, 6.07) is 7.76. The van der Waals surface area contributed by atoms with Gasteiger partial charge in [-0.2, -0.15) is 26.3 Å². The Balaban J connectivity index is 0.000000257. The van der Waals surface area contributed by atoms with E-state index in [9.17, 15) is 26.3 Å². The highest BCUT2D eigenvalue weighted by atomic mass is 19.4. The van der Waals surface area contributed by atoms with Crippen molar-refractivity contribution in [1.82, 2.24) is 14.8 Å². The zero-order valence-corrected chi connectivity index (χ0v) is 18.6. The van der Waals surface area contributed by atoms with E-state index in [0.717, 1.165) is 37.8 Å². The number of alkyl halides is 6. The molecule has 1 unspecified atom stereocenters. The van der Waals surface area contributed by atoms with Gasteiger partial charge in [-0.1, -0.05) is 6.07 Å². The molecule has 3 aliphatic heterocycles. The fourth-order valence-electron chi connectivity index (χ4n) is 4.35. The van der Waals surface area contributed by atoms with Crippen LogP contribution in [0, 0.1) is 5.92 Å². The molecular formula is C21H27F6N3O5. The van der Waals surface area contributed by atoms with Gasteiger partial charge in [-0.05, 0) is 37.3 Å². The number of rotatable bonds is 4. The number of aliphatic carboxylic acids is 2. The first-order chi connectivity index (χ1) is 16.3. The van der Waals surface area contributed by atoms with E-state index in [1.165, 1.54) is 44.6 Å². The van der Waals surface area contributed by atoms with Crippen LogP contribution in [-0.4, -0.2) is 94.2 Å². The smallest absolute Gasteiger partial charge is 0.475 e.